The smallest absolute Gasteiger partial charge is 0.344 e. The molecule has 2 aromatic carbocycles. The van der Waals surface area contributed by atoms with Gasteiger partial charge in [0.15, 0.2) is 6.61 Å². The Morgan fingerprint density at radius 2 is 1.93 bits per heavy atom. The van der Waals surface area contributed by atoms with E-state index in [0.29, 0.717) is 17.0 Å². The van der Waals surface area contributed by atoms with E-state index >= 15 is 0 Å². The molecule has 2 aromatic rings. The van der Waals surface area contributed by atoms with Crippen LogP contribution in [0.2, 0.25) is 0 Å². The highest BCUT2D eigenvalue weighted by Gasteiger charge is 2.13. The van der Waals surface area contributed by atoms with Gasteiger partial charge < -0.3 is 14.8 Å². The quantitative estimate of drug-likeness (QED) is 0.393. The second kappa shape index (κ2) is 10.3. The van der Waals surface area contributed by atoms with Gasteiger partial charge in [0, 0.05) is 15.7 Å². The van der Waals surface area contributed by atoms with Crippen LogP contribution in [-0.4, -0.2) is 25.1 Å². The number of nitriles is 1. The summed E-state index contributed by atoms with van der Waals surface area (Å²) in [4.78, 5) is 24.0. The summed E-state index contributed by atoms with van der Waals surface area (Å²) in [6.07, 6.45) is 1.41. The largest absolute Gasteiger partial charge is 0.481 e. The first-order chi connectivity index (χ1) is 13.4. The number of hydrogen-bond donors (Lipinski definition) is 1. The maximum Gasteiger partial charge on any atom is 0.344 e. The standard InChI is InChI=1S/C21H19BrN2O4/c1-3-27-20(25)13-28-19-9-6-17(22)11-15(19)10-16(12-23)21(26)24-18-7-4-14(2)5-8-18/h4-11H,3,13H2,1-2H3,(H,24,26)/b16-10+. The average molecular weight is 443 g/mol. The lowest BCUT2D eigenvalue weighted by molar-refractivity contribution is -0.145. The van der Waals surface area contributed by atoms with Gasteiger partial charge in [-0.05, 0) is 50.3 Å². The predicted molar refractivity (Wildman–Crippen MR) is 110 cm³/mol. The summed E-state index contributed by atoms with van der Waals surface area (Å²) < 4.78 is 11.1. The Bertz CT molecular complexity index is 930. The molecule has 1 amide bonds. The molecule has 0 aromatic heterocycles. The lowest BCUT2D eigenvalue weighted by Gasteiger charge is -2.10. The summed E-state index contributed by atoms with van der Waals surface area (Å²) in [6, 6.07) is 14.2. The molecule has 7 heteroatoms. The van der Waals surface area contributed by atoms with Gasteiger partial charge in [-0.15, -0.1) is 0 Å². The minimum atomic E-state index is -0.539. The topological polar surface area (TPSA) is 88.4 Å². The number of benzene rings is 2. The number of ether oxygens (including phenoxy) is 2. The Morgan fingerprint density at radius 3 is 2.57 bits per heavy atom. The molecule has 0 saturated heterocycles. The fraction of sp³-hybridized carbons (Fsp3) is 0.190. The summed E-state index contributed by atoms with van der Waals surface area (Å²) in [6.45, 7) is 3.63. The van der Waals surface area contributed by atoms with Gasteiger partial charge in [0.25, 0.3) is 5.91 Å². The molecule has 2 rings (SSSR count). The number of nitrogens with one attached hydrogen (secondary N) is 1. The van der Waals surface area contributed by atoms with Crippen molar-refractivity contribution >= 4 is 39.6 Å². The van der Waals surface area contributed by atoms with Gasteiger partial charge >= 0.3 is 5.97 Å². The molecule has 0 fully saturated rings. The number of aryl methyl sites for hydroxylation is 1. The van der Waals surface area contributed by atoms with Crippen LogP contribution in [-0.2, 0) is 14.3 Å². The van der Waals surface area contributed by atoms with Crippen molar-refractivity contribution in [3.05, 3.63) is 63.6 Å². The molecule has 0 aliphatic rings. The first kappa shape index (κ1) is 21.2. The van der Waals surface area contributed by atoms with Gasteiger partial charge in [-0.3, -0.25) is 4.79 Å². The molecule has 1 N–H and O–H groups in total. The maximum absolute atomic E-state index is 12.5. The van der Waals surface area contributed by atoms with Crippen molar-refractivity contribution in [2.75, 3.05) is 18.5 Å². The Kier molecular flexibility index (Phi) is 7.78. The van der Waals surface area contributed by atoms with Crippen molar-refractivity contribution in [2.45, 2.75) is 13.8 Å². The second-order valence-corrected chi connectivity index (χ2v) is 6.68. The van der Waals surface area contributed by atoms with Crippen LogP contribution in [0.15, 0.2) is 52.5 Å². The van der Waals surface area contributed by atoms with Crippen LogP contribution in [0.1, 0.15) is 18.1 Å². The first-order valence-corrected chi connectivity index (χ1v) is 9.30. The molecule has 0 radical (unpaired) electrons. The van der Waals surface area contributed by atoms with Crippen LogP contribution in [0.3, 0.4) is 0 Å². The molecule has 0 unspecified atom stereocenters. The van der Waals surface area contributed by atoms with E-state index in [1.165, 1.54) is 6.08 Å². The number of esters is 1. The minimum absolute atomic E-state index is 0.0975. The van der Waals surface area contributed by atoms with Crippen molar-refractivity contribution < 1.29 is 19.1 Å². The number of carbonyl (C=O) groups is 2. The zero-order valence-corrected chi connectivity index (χ0v) is 17.1. The van der Waals surface area contributed by atoms with Gasteiger partial charge in [0.1, 0.15) is 17.4 Å². The molecule has 0 atom stereocenters. The van der Waals surface area contributed by atoms with Crippen LogP contribution in [0.5, 0.6) is 5.75 Å². The predicted octanol–water partition coefficient (Wildman–Crippen LogP) is 4.25. The van der Waals surface area contributed by atoms with E-state index in [1.807, 2.05) is 25.1 Å². The molecule has 0 saturated carbocycles. The third-order valence-electron chi connectivity index (χ3n) is 3.60. The normalized spacial score (nSPS) is 10.7. The van der Waals surface area contributed by atoms with Crippen molar-refractivity contribution in [1.82, 2.24) is 0 Å². The molecular weight excluding hydrogens is 424 g/mol. The summed E-state index contributed by atoms with van der Waals surface area (Å²) in [5, 5.41) is 12.1. The molecule has 6 nitrogen and oxygen atoms in total. The van der Waals surface area contributed by atoms with E-state index in [2.05, 4.69) is 21.2 Å². The van der Waals surface area contributed by atoms with E-state index in [4.69, 9.17) is 9.47 Å². The number of carbonyl (C=O) groups excluding carboxylic acids is 2. The fourth-order valence-electron chi connectivity index (χ4n) is 2.24. The molecule has 0 heterocycles. The zero-order chi connectivity index (χ0) is 20.5. The maximum atomic E-state index is 12.5. The highest BCUT2D eigenvalue weighted by Crippen LogP contribution is 2.26. The van der Waals surface area contributed by atoms with Crippen LogP contribution in [0.4, 0.5) is 5.69 Å². The fourth-order valence-corrected chi connectivity index (χ4v) is 2.62. The number of rotatable bonds is 7. The van der Waals surface area contributed by atoms with Gasteiger partial charge in [-0.25, -0.2) is 4.79 Å². The number of halogens is 1. The average Bonchev–Trinajstić information content (AvgIpc) is 2.67. The summed E-state index contributed by atoms with van der Waals surface area (Å²) in [7, 11) is 0. The lowest BCUT2D eigenvalue weighted by atomic mass is 10.1. The Hall–Kier alpha value is -3.11. The molecule has 0 aliphatic heterocycles. The van der Waals surface area contributed by atoms with Gasteiger partial charge in [0.2, 0.25) is 0 Å². The minimum Gasteiger partial charge on any atom is -0.481 e. The van der Waals surface area contributed by atoms with Crippen molar-refractivity contribution in [1.29, 1.82) is 5.26 Å². The van der Waals surface area contributed by atoms with Crippen LogP contribution >= 0.6 is 15.9 Å². The molecule has 0 bridgehead atoms. The first-order valence-electron chi connectivity index (χ1n) is 8.50. The van der Waals surface area contributed by atoms with Crippen molar-refractivity contribution in [3.8, 4) is 11.8 Å². The number of amides is 1. The SMILES string of the molecule is CCOC(=O)COc1ccc(Br)cc1/C=C(\C#N)C(=O)Nc1ccc(C)cc1. The molecular formula is C21H19BrN2O4. The van der Waals surface area contributed by atoms with E-state index in [0.717, 1.165) is 10.0 Å². The van der Waals surface area contributed by atoms with E-state index in [1.54, 1.807) is 37.3 Å². The third kappa shape index (κ3) is 6.25. The molecule has 28 heavy (non-hydrogen) atoms. The lowest BCUT2D eigenvalue weighted by Crippen LogP contribution is -2.15. The second-order valence-electron chi connectivity index (χ2n) is 5.77. The number of anilines is 1. The van der Waals surface area contributed by atoms with Crippen molar-refractivity contribution in [3.63, 3.8) is 0 Å². The van der Waals surface area contributed by atoms with Crippen LogP contribution < -0.4 is 10.1 Å². The van der Waals surface area contributed by atoms with Gasteiger partial charge in [0.05, 0.1) is 6.61 Å². The Labute approximate surface area is 171 Å². The van der Waals surface area contributed by atoms with E-state index < -0.39 is 11.9 Å². The summed E-state index contributed by atoms with van der Waals surface area (Å²) >= 11 is 3.35. The van der Waals surface area contributed by atoms with Gasteiger partial charge in [-0.2, -0.15) is 5.26 Å². The molecule has 0 aliphatic carbocycles. The molecule has 144 valence electrons. The number of hydrogen-bond acceptors (Lipinski definition) is 5. The van der Waals surface area contributed by atoms with Crippen LogP contribution in [0, 0.1) is 18.3 Å². The van der Waals surface area contributed by atoms with Gasteiger partial charge in [-0.1, -0.05) is 33.6 Å². The van der Waals surface area contributed by atoms with E-state index in [9.17, 15) is 14.9 Å². The third-order valence-corrected chi connectivity index (χ3v) is 4.09. The monoisotopic (exact) mass is 442 g/mol. The van der Waals surface area contributed by atoms with Crippen LogP contribution in [0.25, 0.3) is 6.08 Å². The van der Waals surface area contributed by atoms with Crippen molar-refractivity contribution in [2.24, 2.45) is 0 Å². The number of nitrogens with zero attached hydrogens (tertiary/aromatic N) is 1. The molecule has 0 spiro atoms. The highest BCUT2D eigenvalue weighted by molar-refractivity contribution is 9.10. The highest BCUT2D eigenvalue weighted by atomic mass is 79.9. The van der Waals surface area contributed by atoms with E-state index in [-0.39, 0.29) is 18.8 Å². The Balaban J connectivity index is 2.23. The summed E-state index contributed by atoms with van der Waals surface area (Å²) in [5.74, 6) is -0.687. The zero-order valence-electron chi connectivity index (χ0n) is 15.5. The summed E-state index contributed by atoms with van der Waals surface area (Å²) in [5.41, 5.74) is 2.03. The Morgan fingerprint density at radius 1 is 1.21 bits per heavy atom.